The third-order valence-electron chi connectivity index (χ3n) is 3.18. The van der Waals surface area contributed by atoms with Crippen LogP contribution in [0.1, 0.15) is 24.6 Å². The highest BCUT2D eigenvalue weighted by Gasteiger charge is 2.23. The van der Waals surface area contributed by atoms with E-state index in [9.17, 15) is 8.42 Å². The lowest BCUT2D eigenvalue weighted by Crippen LogP contribution is -2.40. The van der Waals surface area contributed by atoms with Crippen molar-refractivity contribution in [1.82, 2.24) is 10.0 Å². The topological polar surface area (TPSA) is 67.4 Å². The summed E-state index contributed by atoms with van der Waals surface area (Å²) in [6, 6.07) is 3.49. The number of nitrogens with one attached hydrogen (secondary N) is 2. The van der Waals surface area contributed by atoms with Crippen LogP contribution in [0.4, 0.5) is 0 Å². The van der Waals surface area contributed by atoms with Crippen LogP contribution >= 0.6 is 11.3 Å². The second-order valence-electron chi connectivity index (χ2n) is 4.86. The lowest BCUT2D eigenvalue weighted by atomic mass is 10.1. The van der Waals surface area contributed by atoms with Gasteiger partial charge in [-0.2, -0.15) is 0 Å². The minimum absolute atomic E-state index is 0.0962. The maximum atomic E-state index is 12.3. The summed E-state index contributed by atoms with van der Waals surface area (Å²) < 4.78 is 33.0. The van der Waals surface area contributed by atoms with Crippen molar-refractivity contribution in [2.45, 2.75) is 36.4 Å². The van der Waals surface area contributed by atoms with Crippen LogP contribution in [0.25, 0.3) is 0 Å². The molecule has 1 unspecified atom stereocenters. The Kier molecular flexibility index (Phi) is 5.98. The summed E-state index contributed by atoms with van der Waals surface area (Å²) in [7, 11) is -3.40. The molecule has 1 aliphatic heterocycles. The van der Waals surface area contributed by atoms with E-state index in [0.29, 0.717) is 10.8 Å². The van der Waals surface area contributed by atoms with Gasteiger partial charge < -0.3 is 10.1 Å². The van der Waals surface area contributed by atoms with Crippen molar-refractivity contribution in [3.05, 3.63) is 17.0 Å². The Labute approximate surface area is 124 Å². The zero-order chi connectivity index (χ0) is 14.4. The van der Waals surface area contributed by atoms with E-state index < -0.39 is 10.0 Å². The van der Waals surface area contributed by atoms with E-state index in [2.05, 4.69) is 17.0 Å². The molecule has 0 aliphatic carbocycles. The van der Waals surface area contributed by atoms with Crippen LogP contribution in [0, 0.1) is 0 Å². The van der Waals surface area contributed by atoms with E-state index in [1.54, 1.807) is 6.07 Å². The number of sulfonamides is 1. The monoisotopic (exact) mass is 318 g/mol. The Morgan fingerprint density at radius 2 is 2.30 bits per heavy atom. The lowest BCUT2D eigenvalue weighted by molar-refractivity contribution is 0.0774. The molecule has 0 spiro atoms. The number of likely N-dealkylation sites (N-methyl/N-ethyl adjacent to an activating group) is 1. The van der Waals surface area contributed by atoms with Gasteiger partial charge >= 0.3 is 0 Å². The molecule has 1 aromatic rings. The highest BCUT2D eigenvalue weighted by Crippen LogP contribution is 2.22. The van der Waals surface area contributed by atoms with Gasteiger partial charge in [-0.15, -0.1) is 11.3 Å². The first kappa shape index (κ1) is 15.9. The first-order chi connectivity index (χ1) is 9.62. The second-order valence-corrected chi connectivity index (χ2v) is 7.97. The van der Waals surface area contributed by atoms with Gasteiger partial charge in [0.05, 0.1) is 6.61 Å². The zero-order valence-corrected chi connectivity index (χ0v) is 13.4. The van der Waals surface area contributed by atoms with Crippen LogP contribution in [0.3, 0.4) is 0 Å². The van der Waals surface area contributed by atoms with Gasteiger partial charge in [0.15, 0.2) is 0 Å². The van der Waals surface area contributed by atoms with E-state index in [1.165, 1.54) is 11.3 Å². The molecule has 2 heterocycles. The summed E-state index contributed by atoms with van der Waals surface area (Å²) in [5, 5.41) is 3.24. The summed E-state index contributed by atoms with van der Waals surface area (Å²) in [6.45, 7) is 5.06. The van der Waals surface area contributed by atoms with Crippen LogP contribution in [0.5, 0.6) is 0 Å². The van der Waals surface area contributed by atoms with Gasteiger partial charge in [-0.1, -0.05) is 6.92 Å². The van der Waals surface area contributed by atoms with E-state index in [-0.39, 0.29) is 6.04 Å². The molecular weight excluding hydrogens is 296 g/mol. The molecule has 1 aromatic heterocycles. The second kappa shape index (κ2) is 7.51. The van der Waals surface area contributed by atoms with Crippen LogP contribution < -0.4 is 10.0 Å². The summed E-state index contributed by atoms with van der Waals surface area (Å²) in [5.41, 5.74) is 0. The number of hydrogen-bond acceptors (Lipinski definition) is 5. The van der Waals surface area contributed by atoms with Crippen LogP contribution in [0.2, 0.25) is 0 Å². The van der Waals surface area contributed by atoms with Crippen molar-refractivity contribution in [2.75, 3.05) is 26.3 Å². The molecule has 1 fully saturated rings. The molecule has 2 rings (SSSR count). The highest BCUT2D eigenvalue weighted by atomic mass is 32.2. The summed E-state index contributed by atoms with van der Waals surface area (Å²) in [5.74, 6) is 0. The van der Waals surface area contributed by atoms with Gasteiger partial charge in [0.1, 0.15) is 4.21 Å². The SMILES string of the molecule is CCNCCc1ccc(S(=O)(=O)NC2CCCOC2)s1. The first-order valence-corrected chi connectivity index (χ1v) is 9.31. The van der Waals surface area contributed by atoms with Crippen LogP contribution in [-0.2, 0) is 21.2 Å². The highest BCUT2D eigenvalue weighted by molar-refractivity contribution is 7.91. The molecule has 0 aromatic carbocycles. The van der Waals surface area contributed by atoms with E-state index in [4.69, 9.17) is 4.74 Å². The molecule has 1 atom stereocenters. The molecule has 0 bridgehead atoms. The molecule has 0 saturated carbocycles. The fourth-order valence-corrected chi connectivity index (χ4v) is 4.76. The van der Waals surface area contributed by atoms with Crippen molar-refractivity contribution >= 4 is 21.4 Å². The minimum atomic E-state index is -3.40. The molecular formula is C13H22N2O3S2. The molecule has 0 amide bonds. The largest absolute Gasteiger partial charge is 0.380 e. The van der Waals surface area contributed by atoms with Crippen molar-refractivity contribution < 1.29 is 13.2 Å². The maximum absolute atomic E-state index is 12.3. The average Bonchev–Trinajstić information content (AvgIpc) is 2.89. The fraction of sp³-hybridized carbons (Fsp3) is 0.692. The lowest BCUT2D eigenvalue weighted by Gasteiger charge is -2.22. The predicted molar refractivity (Wildman–Crippen MR) is 80.7 cm³/mol. The molecule has 20 heavy (non-hydrogen) atoms. The molecule has 7 heteroatoms. The van der Waals surface area contributed by atoms with E-state index in [1.807, 2.05) is 6.07 Å². The molecule has 1 aliphatic rings. The Balaban J connectivity index is 1.94. The van der Waals surface area contributed by atoms with Crippen LogP contribution in [0.15, 0.2) is 16.3 Å². The van der Waals surface area contributed by atoms with Gasteiger partial charge in [0, 0.05) is 17.5 Å². The number of rotatable bonds is 7. The Hall–Kier alpha value is -0.470. The number of hydrogen-bond donors (Lipinski definition) is 2. The zero-order valence-electron chi connectivity index (χ0n) is 11.7. The molecule has 0 radical (unpaired) electrons. The van der Waals surface area contributed by atoms with Crippen molar-refractivity contribution in [1.29, 1.82) is 0 Å². The molecule has 114 valence electrons. The predicted octanol–water partition coefficient (Wildman–Crippen LogP) is 1.36. The van der Waals surface area contributed by atoms with E-state index in [0.717, 1.165) is 43.8 Å². The fourth-order valence-electron chi connectivity index (χ4n) is 2.14. The summed E-state index contributed by atoms with van der Waals surface area (Å²) >= 11 is 1.35. The van der Waals surface area contributed by atoms with Crippen LogP contribution in [-0.4, -0.2) is 40.8 Å². The summed E-state index contributed by atoms with van der Waals surface area (Å²) in [4.78, 5) is 1.09. The minimum Gasteiger partial charge on any atom is -0.380 e. The molecule has 5 nitrogen and oxygen atoms in total. The Bertz CT molecular complexity index is 507. The van der Waals surface area contributed by atoms with Gasteiger partial charge in [0.25, 0.3) is 0 Å². The number of thiophene rings is 1. The molecule has 1 saturated heterocycles. The normalized spacial score (nSPS) is 20.1. The van der Waals surface area contributed by atoms with Crippen molar-refractivity contribution in [3.8, 4) is 0 Å². The van der Waals surface area contributed by atoms with Gasteiger partial charge in [-0.25, -0.2) is 13.1 Å². The van der Waals surface area contributed by atoms with Gasteiger partial charge in [-0.3, -0.25) is 0 Å². The third-order valence-corrected chi connectivity index (χ3v) is 6.34. The van der Waals surface area contributed by atoms with Gasteiger partial charge in [-0.05, 0) is 44.5 Å². The maximum Gasteiger partial charge on any atom is 0.250 e. The molecule has 2 N–H and O–H groups in total. The smallest absolute Gasteiger partial charge is 0.250 e. The quantitative estimate of drug-likeness (QED) is 0.745. The standard InChI is InChI=1S/C13H22N2O3S2/c1-2-14-8-7-12-5-6-13(19-12)20(16,17)15-11-4-3-9-18-10-11/h5-6,11,14-15H,2-4,7-10H2,1H3. The Morgan fingerprint density at radius 1 is 1.45 bits per heavy atom. The first-order valence-electron chi connectivity index (χ1n) is 7.01. The average molecular weight is 318 g/mol. The van der Waals surface area contributed by atoms with Crippen molar-refractivity contribution in [3.63, 3.8) is 0 Å². The van der Waals surface area contributed by atoms with E-state index >= 15 is 0 Å². The third kappa shape index (κ3) is 4.53. The van der Waals surface area contributed by atoms with Crippen molar-refractivity contribution in [2.24, 2.45) is 0 Å². The number of ether oxygens (including phenoxy) is 1. The Morgan fingerprint density at radius 3 is 3.00 bits per heavy atom. The summed E-state index contributed by atoms with van der Waals surface area (Å²) in [6.07, 6.45) is 2.62. The van der Waals surface area contributed by atoms with Gasteiger partial charge in [0.2, 0.25) is 10.0 Å².